The van der Waals surface area contributed by atoms with Crippen LogP contribution in [0.25, 0.3) is 5.52 Å². The third-order valence-electron chi connectivity index (χ3n) is 7.72. The largest absolute Gasteiger partial charge is 0.467 e. The molecule has 4 rings (SSSR count). The molecule has 7 heteroatoms. The molecule has 39 heavy (non-hydrogen) atoms. The lowest BCUT2D eigenvalue weighted by Crippen LogP contribution is -2.51. The molecule has 1 amide bonds. The molecule has 0 radical (unpaired) electrons. The lowest BCUT2D eigenvalue weighted by molar-refractivity contribution is -0.151. The van der Waals surface area contributed by atoms with Crippen LogP contribution in [0.15, 0.2) is 48.7 Å². The maximum absolute atomic E-state index is 13.6. The van der Waals surface area contributed by atoms with Crippen LogP contribution in [0, 0.1) is 0 Å². The van der Waals surface area contributed by atoms with E-state index < -0.39 is 11.5 Å². The zero-order valence-corrected chi connectivity index (χ0v) is 24.1. The molecule has 208 valence electrons. The smallest absolute Gasteiger partial charge is 0.331 e. The van der Waals surface area contributed by atoms with Crippen LogP contribution in [-0.4, -0.2) is 58.2 Å². The number of ether oxygens (including phenoxy) is 1. The number of fused-ring (bicyclic) bond motifs is 1. The highest BCUT2D eigenvalue weighted by atomic mass is 16.5. The quantitative estimate of drug-likeness (QED) is 0.233. The van der Waals surface area contributed by atoms with Gasteiger partial charge in [0.05, 0.1) is 12.8 Å². The van der Waals surface area contributed by atoms with E-state index >= 15 is 0 Å². The van der Waals surface area contributed by atoms with Gasteiger partial charge in [-0.15, -0.1) is 0 Å². The zero-order chi connectivity index (χ0) is 28.4. The lowest BCUT2D eigenvalue weighted by Gasteiger charge is -2.32. The molecule has 1 aliphatic heterocycles. The van der Waals surface area contributed by atoms with Gasteiger partial charge in [-0.25, -0.2) is 4.79 Å². The monoisotopic (exact) mass is 531 g/mol. The summed E-state index contributed by atoms with van der Waals surface area (Å²) in [5.74, 6) is -0.640. The van der Waals surface area contributed by atoms with E-state index in [0.717, 1.165) is 36.9 Å². The molecule has 1 aromatic carbocycles. The highest BCUT2D eigenvalue weighted by Gasteiger charge is 2.47. The van der Waals surface area contributed by atoms with Gasteiger partial charge in [0.15, 0.2) is 0 Å². The van der Waals surface area contributed by atoms with E-state index in [1.165, 1.54) is 12.7 Å². The number of hydrogen-bond acceptors (Lipinski definition) is 5. The highest BCUT2D eigenvalue weighted by molar-refractivity contribution is 6.10. The standard InChI is InChI=1S/C32H41N3O4/c1-7-23-20-26-21-25(29(37)35-18-9-16-32(35,5)30(38)39-6)15-19-34(26)27(23)28(36)24-13-11-22(12-14-24)10-8-17-33-31(2,3)4/h11-15,19-21,33H,7-10,16-18H2,1-6H3. The zero-order valence-electron chi connectivity index (χ0n) is 24.1. The second-order valence-corrected chi connectivity index (χ2v) is 11.7. The van der Waals surface area contributed by atoms with Gasteiger partial charge in [0.25, 0.3) is 5.91 Å². The number of amides is 1. The van der Waals surface area contributed by atoms with E-state index in [0.29, 0.717) is 36.2 Å². The molecule has 1 N–H and O–H groups in total. The third kappa shape index (κ3) is 5.93. The number of hydrogen-bond donors (Lipinski definition) is 1. The van der Waals surface area contributed by atoms with E-state index in [9.17, 15) is 14.4 Å². The molecule has 1 saturated heterocycles. The third-order valence-corrected chi connectivity index (χ3v) is 7.72. The predicted molar refractivity (Wildman–Crippen MR) is 153 cm³/mol. The van der Waals surface area contributed by atoms with E-state index in [1.54, 1.807) is 24.1 Å². The van der Waals surface area contributed by atoms with Gasteiger partial charge < -0.3 is 19.4 Å². The number of likely N-dealkylation sites (tertiary alicyclic amines) is 1. The molecular weight excluding hydrogens is 490 g/mol. The van der Waals surface area contributed by atoms with Crippen LogP contribution in [-0.2, 0) is 22.4 Å². The second kappa shape index (κ2) is 11.3. The second-order valence-electron chi connectivity index (χ2n) is 11.7. The van der Waals surface area contributed by atoms with Gasteiger partial charge in [0.1, 0.15) is 5.54 Å². The topological polar surface area (TPSA) is 80.1 Å². The number of rotatable bonds is 9. The van der Waals surface area contributed by atoms with Gasteiger partial charge in [0.2, 0.25) is 5.78 Å². The van der Waals surface area contributed by atoms with Crippen molar-refractivity contribution in [3.05, 3.63) is 76.6 Å². The summed E-state index contributed by atoms with van der Waals surface area (Å²) in [6, 6.07) is 13.4. The molecule has 1 atom stereocenters. The number of carbonyl (C=O) groups excluding carboxylic acids is 3. The van der Waals surface area contributed by atoms with E-state index in [1.807, 2.05) is 47.7 Å². The van der Waals surface area contributed by atoms with Crippen molar-refractivity contribution < 1.29 is 19.1 Å². The molecule has 0 spiro atoms. The van der Waals surface area contributed by atoms with Crippen molar-refractivity contribution in [1.29, 1.82) is 0 Å². The van der Waals surface area contributed by atoms with Gasteiger partial charge in [-0.3, -0.25) is 9.59 Å². The first-order valence-corrected chi connectivity index (χ1v) is 13.9. The minimum Gasteiger partial charge on any atom is -0.467 e. The summed E-state index contributed by atoms with van der Waals surface area (Å²) in [5, 5.41) is 3.51. The minimum absolute atomic E-state index is 0.0373. The van der Waals surface area contributed by atoms with Crippen molar-refractivity contribution in [2.45, 2.75) is 77.8 Å². The van der Waals surface area contributed by atoms with Crippen LogP contribution in [0.2, 0.25) is 0 Å². The fourth-order valence-electron chi connectivity index (χ4n) is 5.48. The number of ketones is 1. The Morgan fingerprint density at radius 2 is 1.77 bits per heavy atom. The minimum atomic E-state index is -0.967. The van der Waals surface area contributed by atoms with Crippen molar-refractivity contribution in [1.82, 2.24) is 14.6 Å². The summed E-state index contributed by atoms with van der Waals surface area (Å²) in [7, 11) is 1.35. The fraction of sp³-hybridized carbons (Fsp3) is 0.469. The van der Waals surface area contributed by atoms with Crippen LogP contribution in [0.5, 0.6) is 0 Å². The number of carbonyl (C=O) groups is 3. The molecule has 0 saturated carbocycles. The van der Waals surface area contributed by atoms with Gasteiger partial charge in [-0.05, 0) is 95.7 Å². The summed E-state index contributed by atoms with van der Waals surface area (Å²) < 4.78 is 6.86. The van der Waals surface area contributed by atoms with Crippen LogP contribution in [0.1, 0.15) is 91.4 Å². The number of pyridine rings is 1. The molecule has 3 aromatic rings. The first-order valence-electron chi connectivity index (χ1n) is 13.9. The van der Waals surface area contributed by atoms with Gasteiger partial charge in [-0.1, -0.05) is 31.2 Å². The average molecular weight is 532 g/mol. The van der Waals surface area contributed by atoms with Crippen LogP contribution in [0.3, 0.4) is 0 Å². The molecule has 3 heterocycles. The maximum atomic E-state index is 13.6. The van der Waals surface area contributed by atoms with Crippen molar-refractivity contribution in [3.63, 3.8) is 0 Å². The molecule has 7 nitrogen and oxygen atoms in total. The average Bonchev–Trinajstić information content (AvgIpc) is 3.50. The number of nitrogens with zero attached hydrogens (tertiary/aromatic N) is 2. The number of nitrogens with one attached hydrogen (secondary N) is 1. The number of aromatic nitrogens is 1. The Hall–Kier alpha value is -3.45. The summed E-state index contributed by atoms with van der Waals surface area (Å²) in [6.45, 7) is 11.7. The Kier molecular flexibility index (Phi) is 8.31. The van der Waals surface area contributed by atoms with E-state index in [2.05, 4.69) is 26.1 Å². The molecule has 0 bridgehead atoms. The summed E-state index contributed by atoms with van der Waals surface area (Å²) in [6.07, 6.45) is 5.79. The molecular formula is C32H41N3O4. The molecule has 1 unspecified atom stereocenters. The normalized spacial score (nSPS) is 17.5. The number of benzene rings is 1. The first-order chi connectivity index (χ1) is 18.5. The molecule has 1 fully saturated rings. The molecule has 1 aliphatic rings. The number of methoxy groups -OCH3 is 1. The summed E-state index contributed by atoms with van der Waals surface area (Å²) in [5.41, 5.74) is 3.82. The summed E-state index contributed by atoms with van der Waals surface area (Å²) in [4.78, 5) is 41.2. The highest BCUT2D eigenvalue weighted by Crippen LogP contribution is 2.32. The summed E-state index contributed by atoms with van der Waals surface area (Å²) >= 11 is 0. The van der Waals surface area contributed by atoms with Crippen LogP contribution in [0.4, 0.5) is 0 Å². The van der Waals surface area contributed by atoms with E-state index in [-0.39, 0.29) is 17.2 Å². The van der Waals surface area contributed by atoms with E-state index in [4.69, 9.17) is 4.74 Å². The Morgan fingerprint density at radius 3 is 2.41 bits per heavy atom. The lowest BCUT2D eigenvalue weighted by atomic mass is 9.98. The maximum Gasteiger partial charge on any atom is 0.331 e. The van der Waals surface area contributed by atoms with Crippen molar-refractivity contribution in [3.8, 4) is 0 Å². The first kappa shape index (κ1) is 28.6. The van der Waals surface area contributed by atoms with Crippen molar-refractivity contribution in [2.24, 2.45) is 0 Å². The van der Waals surface area contributed by atoms with Crippen molar-refractivity contribution in [2.75, 3.05) is 20.2 Å². The molecule has 0 aliphatic carbocycles. The Labute approximate surface area is 231 Å². The number of aryl methyl sites for hydroxylation is 2. The number of esters is 1. The molecule has 2 aromatic heterocycles. The van der Waals surface area contributed by atoms with Crippen LogP contribution < -0.4 is 5.32 Å². The predicted octanol–water partition coefficient (Wildman–Crippen LogP) is 5.22. The van der Waals surface area contributed by atoms with Crippen molar-refractivity contribution >= 4 is 23.2 Å². The van der Waals surface area contributed by atoms with Gasteiger partial charge in [-0.2, -0.15) is 0 Å². The van der Waals surface area contributed by atoms with Gasteiger partial charge in [0, 0.05) is 34.9 Å². The Bertz CT molecular complexity index is 1370. The SMILES string of the molecule is CCc1cc2cc(C(=O)N3CCCC3(C)C(=O)OC)ccn2c1C(=O)c1ccc(CCCNC(C)(C)C)cc1. The Morgan fingerprint density at radius 1 is 1.05 bits per heavy atom. The van der Waals surface area contributed by atoms with Gasteiger partial charge >= 0.3 is 5.97 Å². The fourth-order valence-corrected chi connectivity index (χ4v) is 5.48. The van der Waals surface area contributed by atoms with Crippen LogP contribution >= 0.6 is 0 Å². The Balaban J connectivity index is 1.55.